The molecule has 0 aromatic rings. The van der Waals surface area contributed by atoms with Crippen LogP contribution in [0.25, 0.3) is 0 Å². The summed E-state index contributed by atoms with van der Waals surface area (Å²) in [6, 6.07) is 0. The summed E-state index contributed by atoms with van der Waals surface area (Å²) >= 11 is 0. The number of phosphoric ester groups is 1. The summed E-state index contributed by atoms with van der Waals surface area (Å²) in [6.07, 6.45) is 15.4. The Kier molecular flexibility index (Phi) is 13.3. The molecule has 7 heteroatoms. The van der Waals surface area contributed by atoms with Gasteiger partial charge in [0.05, 0.1) is 20.6 Å². The summed E-state index contributed by atoms with van der Waals surface area (Å²) in [4.78, 5) is 17.6. The van der Waals surface area contributed by atoms with Gasteiger partial charge in [0, 0.05) is 6.92 Å². The van der Waals surface area contributed by atoms with Gasteiger partial charge in [-0.15, -0.1) is 0 Å². The summed E-state index contributed by atoms with van der Waals surface area (Å²) in [5.41, 5.74) is -1.33. The van der Waals surface area contributed by atoms with Gasteiger partial charge >= 0.3 is 7.82 Å². The normalized spacial score (nSPS) is 15.2. The van der Waals surface area contributed by atoms with Crippen molar-refractivity contribution < 1.29 is 28.5 Å². The van der Waals surface area contributed by atoms with Crippen molar-refractivity contribution in [3.8, 4) is 0 Å². The fourth-order valence-electron chi connectivity index (χ4n) is 2.97. The van der Waals surface area contributed by atoms with Gasteiger partial charge in [0.1, 0.15) is 6.61 Å². The summed E-state index contributed by atoms with van der Waals surface area (Å²) < 4.78 is 15.6. The van der Waals surface area contributed by atoms with Crippen LogP contribution in [-0.2, 0) is 9.09 Å². The first kappa shape index (κ1) is 26.0. The van der Waals surface area contributed by atoms with E-state index in [1.54, 1.807) is 6.92 Å². The zero-order valence-corrected chi connectivity index (χ0v) is 18.3. The molecule has 0 fully saturated rings. The maximum absolute atomic E-state index is 10.8. The highest BCUT2D eigenvalue weighted by Crippen LogP contribution is 2.37. The Morgan fingerprint density at radius 2 is 1.23 bits per heavy atom. The Hall–Kier alpha value is 0.0300. The molecule has 0 rings (SSSR count). The van der Waals surface area contributed by atoms with Crippen LogP contribution in [0, 0.1) is 0 Å². The second-order valence-corrected chi connectivity index (χ2v) is 9.52. The number of hydrogen-bond donors (Lipinski definition) is 3. The van der Waals surface area contributed by atoms with Crippen molar-refractivity contribution in [3.05, 3.63) is 0 Å². The van der Waals surface area contributed by atoms with E-state index in [1.165, 1.54) is 64.2 Å². The lowest BCUT2D eigenvalue weighted by atomic mass is 10.0. The number of quaternary nitrogens is 1. The van der Waals surface area contributed by atoms with E-state index in [-0.39, 0.29) is 11.1 Å². The molecule has 0 aliphatic carbocycles. The van der Waals surface area contributed by atoms with E-state index in [4.69, 9.17) is 9.79 Å². The molecular formula is C19H43NO5P+. The fourth-order valence-corrected chi connectivity index (χ4v) is 3.38. The Bertz CT molecular complexity index is 395. The van der Waals surface area contributed by atoms with Gasteiger partial charge in [-0.25, -0.2) is 4.57 Å². The van der Waals surface area contributed by atoms with Gasteiger partial charge in [-0.1, -0.05) is 71.1 Å². The molecule has 0 aromatic carbocycles. The average Bonchev–Trinajstić information content (AvgIpc) is 2.53. The predicted molar refractivity (Wildman–Crippen MR) is 107 cm³/mol. The molecule has 3 N–H and O–H groups in total. The maximum Gasteiger partial charge on any atom is 0.469 e. The summed E-state index contributed by atoms with van der Waals surface area (Å²) in [5, 5.41) is 10.5. The molecular weight excluding hydrogens is 353 g/mol. The molecule has 158 valence electrons. The minimum absolute atomic E-state index is 0.255. The lowest BCUT2D eigenvalue weighted by Gasteiger charge is -2.42. The minimum atomic E-state index is -4.56. The van der Waals surface area contributed by atoms with E-state index in [1.807, 2.05) is 14.1 Å². The zero-order valence-electron chi connectivity index (χ0n) is 17.5. The van der Waals surface area contributed by atoms with E-state index in [0.717, 1.165) is 19.4 Å². The monoisotopic (exact) mass is 396 g/mol. The first-order chi connectivity index (χ1) is 12.0. The number of aliphatic hydroxyl groups is 1. The van der Waals surface area contributed by atoms with Gasteiger partial charge in [0.2, 0.25) is 5.72 Å². The molecule has 6 nitrogen and oxygen atoms in total. The van der Waals surface area contributed by atoms with Gasteiger partial charge in [-0.3, -0.25) is 9.01 Å². The third-order valence-electron chi connectivity index (χ3n) is 5.38. The van der Waals surface area contributed by atoms with Crippen molar-refractivity contribution >= 4 is 7.82 Å². The Balaban J connectivity index is 3.73. The van der Waals surface area contributed by atoms with Gasteiger partial charge in [-0.05, 0) is 12.8 Å². The molecule has 26 heavy (non-hydrogen) atoms. The SMILES string of the molecule is CCCCCCCCCCCCCC[N+](C)(C)C(C)(O)COP(=O)(O)O. The van der Waals surface area contributed by atoms with Crippen molar-refractivity contribution in [2.45, 2.75) is 96.6 Å². The van der Waals surface area contributed by atoms with Crippen LogP contribution >= 0.6 is 7.82 Å². The molecule has 0 saturated heterocycles. The van der Waals surface area contributed by atoms with Crippen LogP contribution in [0.15, 0.2) is 0 Å². The van der Waals surface area contributed by atoms with E-state index < -0.39 is 13.5 Å². The average molecular weight is 397 g/mol. The predicted octanol–water partition coefficient (Wildman–Crippen LogP) is 4.58. The third-order valence-corrected chi connectivity index (χ3v) is 5.85. The van der Waals surface area contributed by atoms with Gasteiger partial charge in [-0.2, -0.15) is 0 Å². The first-order valence-corrected chi connectivity index (χ1v) is 11.8. The number of unbranched alkanes of at least 4 members (excludes halogenated alkanes) is 11. The van der Waals surface area contributed by atoms with Crippen molar-refractivity contribution in [1.82, 2.24) is 0 Å². The molecule has 1 unspecified atom stereocenters. The molecule has 0 radical (unpaired) electrons. The van der Waals surface area contributed by atoms with Crippen molar-refractivity contribution in [2.24, 2.45) is 0 Å². The maximum atomic E-state index is 10.8. The van der Waals surface area contributed by atoms with E-state index >= 15 is 0 Å². The van der Waals surface area contributed by atoms with Crippen LogP contribution in [0.5, 0.6) is 0 Å². The summed E-state index contributed by atoms with van der Waals surface area (Å²) in [7, 11) is -0.835. The van der Waals surface area contributed by atoms with Crippen LogP contribution in [0.2, 0.25) is 0 Å². The van der Waals surface area contributed by atoms with E-state index in [0.29, 0.717) is 0 Å². The molecule has 0 bridgehead atoms. The number of phosphoric acid groups is 1. The van der Waals surface area contributed by atoms with Crippen LogP contribution in [0.4, 0.5) is 0 Å². The van der Waals surface area contributed by atoms with Gasteiger partial charge < -0.3 is 14.9 Å². The molecule has 0 saturated carbocycles. The van der Waals surface area contributed by atoms with Crippen molar-refractivity contribution in [2.75, 3.05) is 27.2 Å². The quantitative estimate of drug-likeness (QED) is 0.145. The summed E-state index contributed by atoms with van der Waals surface area (Å²) in [6.45, 7) is 4.16. The molecule has 1 atom stereocenters. The highest BCUT2D eigenvalue weighted by atomic mass is 31.2. The van der Waals surface area contributed by atoms with E-state index in [2.05, 4.69) is 11.4 Å². The highest BCUT2D eigenvalue weighted by molar-refractivity contribution is 7.46. The lowest BCUT2D eigenvalue weighted by molar-refractivity contribution is -0.965. The molecule has 0 aliphatic rings. The number of hydrogen-bond acceptors (Lipinski definition) is 3. The highest BCUT2D eigenvalue weighted by Gasteiger charge is 2.40. The van der Waals surface area contributed by atoms with Crippen LogP contribution in [-0.4, -0.2) is 52.3 Å². The van der Waals surface area contributed by atoms with E-state index in [9.17, 15) is 9.67 Å². The van der Waals surface area contributed by atoms with Crippen LogP contribution in [0.1, 0.15) is 90.9 Å². The molecule has 0 heterocycles. The summed E-state index contributed by atoms with van der Waals surface area (Å²) in [5.74, 6) is 0. The smallest absolute Gasteiger partial charge is 0.341 e. The molecule has 0 spiro atoms. The van der Waals surface area contributed by atoms with Crippen LogP contribution < -0.4 is 0 Å². The van der Waals surface area contributed by atoms with Crippen molar-refractivity contribution in [3.63, 3.8) is 0 Å². The zero-order chi connectivity index (χ0) is 20.1. The number of likely N-dealkylation sites (N-methyl/N-ethyl adjacent to an activating group) is 1. The molecule has 0 aliphatic heterocycles. The third kappa shape index (κ3) is 13.2. The Labute approximate surface area is 160 Å². The second kappa shape index (κ2) is 13.2. The number of rotatable bonds is 17. The first-order valence-electron chi connectivity index (χ1n) is 10.3. The van der Waals surface area contributed by atoms with Crippen molar-refractivity contribution in [1.29, 1.82) is 0 Å². The van der Waals surface area contributed by atoms with Gasteiger partial charge in [0.25, 0.3) is 0 Å². The molecule has 0 amide bonds. The largest absolute Gasteiger partial charge is 0.469 e. The lowest BCUT2D eigenvalue weighted by Crippen LogP contribution is -2.60. The fraction of sp³-hybridized carbons (Fsp3) is 1.00. The minimum Gasteiger partial charge on any atom is -0.341 e. The van der Waals surface area contributed by atoms with Gasteiger partial charge in [0.15, 0.2) is 0 Å². The number of nitrogens with zero attached hydrogens (tertiary/aromatic N) is 1. The standard InChI is InChI=1S/C19H42NO5P/c1-5-6-7-8-9-10-11-12-13-14-15-16-17-20(3,4)19(2,21)18-25-26(22,23)24/h21H,5-18H2,1-4H3,(H-,22,23,24)/p+1. The topological polar surface area (TPSA) is 87.0 Å². The Morgan fingerprint density at radius 3 is 1.62 bits per heavy atom. The Morgan fingerprint density at radius 1 is 0.846 bits per heavy atom. The second-order valence-electron chi connectivity index (χ2n) is 8.28. The van der Waals surface area contributed by atoms with Crippen LogP contribution in [0.3, 0.4) is 0 Å². The molecule has 0 aromatic heterocycles.